The van der Waals surface area contributed by atoms with Crippen LogP contribution in [0.15, 0.2) is 0 Å². The van der Waals surface area contributed by atoms with Gasteiger partial charge in [-0.3, -0.25) is 9.13 Å². The Morgan fingerprint density at radius 1 is 1.38 bits per heavy atom. The van der Waals surface area contributed by atoms with Crippen LogP contribution in [0.5, 0.6) is 0 Å². The van der Waals surface area contributed by atoms with E-state index in [2.05, 4.69) is 0 Å². The average molecular weight is 428 g/mol. The van der Waals surface area contributed by atoms with Gasteiger partial charge in [0.1, 0.15) is 5.78 Å². The number of nitrogens with two attached hydrogens (primary N) is 1. The summed E-state index contributed by atoms with van der Waals surface area (Å²) in [5.41, 5.74) is 4.81. The predicted octanol–water partition coefficient (Wildman–Crippen LogP) is -2.62. The van der Waals surface area contributed by atoms with E-state index in [0.717, 1.165) is 0 Å². The summed E-state index contributed by atoms with van der Waals surface area (Å²) < 4.78 is 18.6. The minimum atomic E-state index is -3.96. The number of hydrogen-bond donors (Lipinski definition) is 5. The van der Waals surface area contributed by atoms with E-state index in [1.165, 1.54) is 6.92 Å². The summed E-state index contributed by atoms with van der Waals surface area (Å²) in [4.78, 5) is 30.5. The molecule has 1 unspecified atom stereocenters. The van der Waals surface area contributed by atoms with Crippen molar-refractivity contribution in [1.82, 2.24) is 0 Å². The third-order valence-corrected chi connectivity index (χ3v) is 1.59. The van der Waals surface area contributed by atoms with E-state index in [-0.39, 0.29) is 44.0 Å². The first-order valence-corrected chi connectivity index (χ1v) is 5.39. The van der Waals surface area contributed by atoms with Gasteiger partial charge in [-0.05, 0) is 6.92 Å². The Hall–Kier alpha value is 1.71. The molecular weight excluding hydrogens is 413 g/mol. The fourth-order valence-corrected chi connectivity index (χ4v) is 0. The maximum absolute atomic E-state index is 9.90. The van der Waals surface area contributed by atoms with Gasteiger partial charge in [0.15, 0.2) is 0 Å². The molecule has 0 fully saturated rings. The Labute approximate surface area is 107 Å². The monoisotopic (exact) mass is 428 g/mol. The molecule has 85 valence electrons. The van der Waals surface area contributed by atoms with E-state index in [1.54, 1.807) is 0 Å². The molecule has 0 aromatic carbocycles. The van der Waals surface area contributed by atoms with E-state index in [4.69, 9.17) is 29.9 Å². The van der Waals surface area contributed by atoms with Crippen LogP contribution in [0.1, 0.15) is 6.92 Å². The second-order valence-corrected chi connectivity index (χ2v) is 4.17. The van der Waals surface area contributed by atoms with Crippen LogP contribution >= 0.6 is 15.9 Å². The normalized spacial score (nSPS) is 11.6. The molecule has 1 radical (unpaired) electrons. The van der Waals surface area contributed by atoms with Gasteiger partial charge in [-0.25, -0.2) is 0 Å². The Bertz CT molecular complexity index is 168. The third kappa shape index (κ3) is 31.6. The Morgan fingerprint density at radius 3 is 1.46 bits per heavy atom. The first kappa shape index (κ1) is 24.1. The smallest absolute Gasteiger partial charge is 0 e. The van der Waals surface area contributed by atoms with Crippen molar-refractivity contribution in [3.8, 4) is 0 Å². The van der Waals surface area contributed by atoms with Crippen LogP contribution in [0.3, 0.4) is 0 Å². The van der Waals surface area contributed by atoms with Crippen LogP contribution < -0.4 is 5.73 Å². The van der Waals surface area contributed by atoms with Crippen molar-refractivity contribution in [2.75, 3.05) is 0 Å². The van der Waals surface area contributed by atoms with E-state index >= 15 is 0 Å². The molecule has 0 heterocycles. The summed E-state index contributed by atoms with van der Waals surface area (Å²) in [6.45, 7) is 1.26. The number of hydrogen-bond acceptors (Lipinski definition) is 3. The van der Waals surface area contributed by atoms with Crippen LogP contribution in [0.2, 0.25) is 0 Å². The molecule has 0 aliphatic carbocycles. The summed E-state index contributed by atoms with van der Waals surface area (Å²) in [5.74, 6) is -1.03. The average Bonchev–Trinajstić information content (AvgIpc) is 1.59. The molecule has 0 aliphatic heterocycles. The maximum atomic E-state index is 9.90. The van der Waals surface area contributed by atoms with Crippen LogP contribution in [0.4, 0.5) is 0 Å². The van der Waals surface area contributed by atoms with Gasteiger partial charge < -0.3 is 25.3 Å². The standard InChI is InChI=1S/C2H8NO3P.H3O3P.Sn.Tc.4H/c1-2(3)7(4,5)6;1-4(2)3;;;;;;/h2H,3H2,1H3,(H2,4,5,6);4H,(H2,1,2,3);;;;;;. The molecule has 1 atom stereocenters. The van der Waals surface area contributed by atoms with E-state index in [0.29, 0.717) is 0 Å². The quantitative estimate of drug-likeness (QED) is 0.228. The molecule has 11 heteroatoms. The summed E-state index contributed by atoms with van der Waals surface area (Å²) in [7, 11) is -7.09. The fourth-order valence-electron chi connectivity index (χ4n) is 0. The van der Waals surface area contributed by atoms with Crippen molar-refractivity contribution in [2.24, 2.45) is 5.73 Å². The van der Waals surface area contributed by atoms with Crippen molar-refractivity contribution in [3.05, 3.63) is 0 Å². The Morgan fingerprint density at radius 2 is 1.46 bits per heavy atom. The van der Waals surface area contributed by atoms with Gasteiger partial charge in [-0.15, -0.1) is 0 Å². The fraction of sp³-hybridized carbons (Fsp3) is 1.00. The van der Waals surface area contributed by atoms with E-state index in [9.17, 15) is 4.57 Å². The van der Waals surface area contributed by atoms with Gasteiger partial charge in [0, 0.05) is 20.1 Å². The summed E-state index contributed by atoms with van der Waals surface area (Å²) in [5, 5.41) is 0. The molecule has 7 nitrogen and oxygen atoms in total. The molecule has 0 saturated carbocycles. The summed E-state index contributed by atoms with van der Waals surface area (Å²) in [6.07, 6.45) is 0. The van der Waals surface area contributed by atoms with Gasteiger partial charge in [0.05, 0.1) is 0 Å². The minimum absolute atomic E-state index is 0. The van der Waals surface area contributed by atoms with Gasteiger partial charge in [-0.2, -0.15) is 0 Å². The summed E-state index contributed by atoms with van der Waals surface area (Å²) >= 11 is 0. The van der Waals surface area contributed by atoms with Crippen LogP contribution in [-0.4, -0.2) is 49.3 Å². The summed E-state index contributed by atoms with van der Waals surface area (Å²) in [6, 6.07) is 0. The largest absolute Gasteiger partial charge is 0 e. The number of rotatable bonds is 1. The van der Waals surface area contributed by atoms with Gasteiger partial charge in [0.25, 0.3) is 0 Å². The molecule has 0 saturated heterocycles. The van der Waals surface area contributed by atoms with Crippen molar-refractivity contribution in [2.45, 2.75) is 12.7 Å². The molecule has 0 spiro atoms. The molecule has 0 amide bonds. The Balaban J connectivity index is -0.0000000600. The molecule has 0 rings (SSSR count). The molecule has 0 aromatic heterocycles. The predicted molar refractivity (Wildman–Crippen MR) is 50.5 cm³/mol. The van der Waals surface area contributed by atoms with Crippen molar-refractivity contribution < 1.29 is 48.8 Å². The van der Waals surface area contributed by atoms with E-state index < -0.39 is 21.6 Å². The van der Waals surface area contributed by atoms with Gasteiger partial charge >= 0.3 is 39.8 Å². The zero-order valence-electron chi connectivity index (χ0n) is 6.09. The molecule has 13 heavy (non-hydrogen) atoms. The molecule has 0 bridgehead atoms. The second kappa shape index (κ2) is 11.8. The zero-order valence-corrected chi connectivity index (χ0v) is 9.84. The molecule has 0 aliphatic rings. The first-order valence-electron chi connectivity index (χ1n) is 2.40. The first-order chi connectivity index (χ1) is 4.68. The third-order valence-electron chi connectivity index (χ3n) is 0.531. The van der Waals surface area contributed by atoms with Crippen LogP contribution in [0.25, 0.3) is 0 Å². The van der Waals surface area contributed by atoms with Gasteiger partial charge in [0.2, 0.25) is 0 Å². The van der Waals surface area contributed by atoms with Gasteiger partial charge in [-0.1, -0.05) is 0 Å². The van der Waals surface area contributed by atoms with Crippen molar-refractivity contribution in [1.29, 1.82) is 0 Å². The molecular formula is C2H15NO6P2SnTc. The maximum Gasteiger partial charge on any atom is 0 e. The molecule has 6 N–H and O–H groups in total. The van der Waals surface area contributed by atoms with Crippen LogP contribution in [0, 0.1) is 0 Å². The topological polar surface area (TPSA) is 141 Å². The Kier molecular flexibility index (Phi) is 21.8. The SMILES string of the molecule is CC(N)P(=O)(O)O.O=[PH](O)O.[SnH4].[Tc]. The zero-order chi connectivity index (χ0) is 9.65. The van der Waals surface area contributed by atoms with Crippen molar-refractivity contribution >= 4 is 39.8 Å². The van der Waals surface area contributed by atoms with Crippen molar-refractivity contribution in [3.63, 3.8) is 0 Å². The molecule has 0 aromatic rings. The minimum Gasteiger partial charge on any atom is 0 e. The second-order valence-electron chi connectivity index (χ2n) is 1.61. The van der Waals surface area contributed by atoms with Crippen LogP contribution in [-0.2, 0) is 29.2 Å². The van der Waals surface area contributed by atoms with E-state index in [1.807, 2.05) is 0 Å².